The molecule has 0 saturated carbocycles. The summed E-state index contributed by atoms with van der Waals surface area (Å²) in [6.07, 6.45) is 7.80. The lowest BCUT2D eigenvalue weighted by molar-refractivity contribution is 0.171. The van der Waals surface area contributed by atoms with Gasteiger partial charge in [-0.25, -0.2) is 19.9 Å². The lowest BCUT2D eigenvalue weighted by Gasteiger charge is -2.28. The smallest absolute Gasteiger partial charge is 0.231 e. The van der Waals surface area contributed by atoms with E-state index in [0.717, 1.165) is 54.4 Å². The van der Waals surface area contributed by atoms with Gasteiger partial charge in [0.2, 0.25) is 6.79 Å². The van der Waals surface area contributed by atoms with Crippen molar-refractivity contribution in [2.24, 2.45) is 0 Å². The number of ether oxygens (including phenoxy) is 2. The second-order valence-corrected chi connectivity index (χ2v) is 6.40. The van der Waals surface area contributed by atoms with Gasteiger partial charge in [0.05, 0.1) is 11.3 Å². The van der Waals surface area contributed by atoms with Gasteiger partial charge in [-0.3, -0.25) is 4.90 Å². The van der Waals surface area contributed by atoms with Gasteiger partial charge in [0.25, 0.3) is 0 Å². The number of para-hydroxylation sites is 1. The fraction of sp³-hybridized carbons (Fsp3) is 0.263. The van der Waals surface area contributed by atoms with Gasteiger partial charge in [0.1, 0.15) is 6.33 Å². The number of rotatable bonds is 3. The molecule has 3 aromatic rings. The van der Waals surface area contributed by atoms with Crippen LogP contribution < -0.4 is 9.47 Å². The zero-order valence-electron chi connectivity index (χ0n) is 14.1. The van der Waals surface area contributed by atoms with Gasteiger partial charge in [-0.1, -0.05) is 12.1 Å². The quantitative estimate of drug-likeness (QED) is 0.719. The maximum atomic E-state index is 5.62. The van der Waals surface area contributed by atoms with E-state index < -0.39 is 0 Å². The Labute approximate surface area is 150 Å². The van der Waals surface area contributed by atoms with Crippen LogP contribution in [-0.2, 0) is 19.5 Å². The highest BCUT2D eigenvalue weighted by Gasteiger charge is 2.22. The molecule has 7 heteroatoms. The minimum Gasteiger partial charge on any atom is -0.454 e. The highest BCUT2D eigenvalue weighted by Crippen LogP contribution is 2.36. The molecule has 26 heavy (non-hydrogen) atoms. The molecule has 0 spiro atoms. The summed E-state index contributed by atoms with van der Waals surface area (Å²) >= 11 is 0. The Morgan fingerprint density at radius 1 is 1.08 bits per heavy atom. The van der Waals surface area contributed by atoms with E-state index in [1.165, 1.54) is 11.9 Å². The maximum absolute atomic E-state index is 5.62. The third-order valence-corrected chi connectivity index (χ3v) is 4.70. The molecule has 7 nitrogen and oxygen atoms in total. The molecule has 1 aromatic carbocycles. The Balaban J connectivity index is 1.35. The Hall–Kier alpha value is -3.06. The van der Waals surface area contributed by atoms with Crippen LogP contribution in [0, 0.1) is 0 Å². The van der Waals surface area contributed by atoms with E-state index in [1.54, 1.807) is 12.4 Å². The van der Waals surface area contributed by atoms with Gasteiger partial charge in [0, 0.05) is 55.8 Å². The molecule has 0 aliphatic carbocycles. The highest BCUT2D eigenvalue weighted by molar-refractivity contribution is 5.52. The SMILES string of the molecule is c1cc(CN2CCc3nc(-c4cncnc4)ncc3C2)c2c(c1)OCO2. The van der Waals surface area contributed by atoms with E-state index in [2.05, 4.69) is 25.9 Å². The molecular formula is C19H17N5O2. The number of nitrogens with zero attached hydrogens (tertiary/aromatic N) is 5. The summed E-state index contributed by atoms with van der Waals surface area (Å²) in [5.74, 6) is 2.39. The summed E-state index contributed by atoms with van der Waals surface area (Å²) in [4.78, 5) is 19.7. The van der Waals surface area contributed by atoms with Crippen molar-refractivity contribution in [2.75, 3.05) is 13.3 Å². The molecule has 0 saturated heterocycles. The minimum absolute atomic E-state index is 0.301. The van der Waals surface area contributed by atoms with E-state index in [4.69, 9.17) is 14.5 Å². The zero-order chi connectivity index (χ0) is 17.3. The van der Waals surface area contributed by atoms with Crippen LogP contribution in [0.2, 0.25) is 0 Å². The molecule has 4 heterocycles. The zero-order valence-corrected chi connectivity index (χ0v) is 14.1. The van der Waals surface area contributed by atoms with Crippen LogP contribution in [0.25, 0.3) is 11.4 Å². The van der Waals surface area contributed by atoms with Gasteiger partial charge in [-0.15, -0.1) is 0 Å². The molecule has 0 fully saturated rings. The van der Waals surface area contributed by atoms with Crippen LogP contribution >= 0.6 is 0 Å². The van der Waals surface area contributed by atoms with Crippen molar-refractivity contribution in [1.29, 1.82) is 0 Å². The molecule has 0 amide bonds. The van der Waals surface area contributed by atoms with Gasteiger partial charge < -0.3 is 9.47 Å². The van der Waals surface area contributed by atoms with E-state index in [1.807, 2.05) is 18.3 Å². The van der Waals surface area contributed by atoms with Crippen LogP contribution in [0.3, 0.4) is 0 Å². The van der Waals surface area contributed by atoms with Gasteiger partial charge >= 0.3 is 0 Å². The molecule has 130 valence electrons. The van der Waals surface area contributed by atoms with Crippen LogP contribution in [0.4, 0.5) is 0 Å². The second-order valence-electron chi connectivity index (χ2n) is 6.40. The standard InChI is InChI=1S/C19H17N5O2/c1-2-13(18-17(3-1)25-12-26-18)9-24-5-4-16-15(10-24)8-22-19(23-16)14-6-20-11-21-7-14/h1-3,6-8,11H,4-5,9-10,12H2. The average Bonchev–Trinajstić information content (AvgIpc) is 3.18. The number of benzene rings is 1. The lowest BCUT2D eigenvalue weighted by atomic mass is 10.1. The Morgan fingerprint density at radius 3 is 2.92 bits per heavy atom. The maximum Gasteiger partial charge on any atom is 0.231 e. The first kappa shape index (κ1) is 15.2. The molecule has 0 unspecified atom stereocenters. The number of hydrogen-bond donors (Lipinski definition) is 0. The van der Waals surface area contributed by atoms with Gasteiger partial charge in [-0.2, -0.15) is 0 Å². The summed E-state index contributed by atoms with van der Waals surface area (Å²) in [5, 5.41) is 0. The monoisotopic (exact) mass is 347 g/mol. The first-order valence-electron chi connectivity index (χ1n) is 8.57. The minimum atomic E-state index is 0.301. The van der Waals surface area contributed by atoms with Crippen molar-refractivity contribution in [3.05, 3.63) is 59.9 Å². The Bertz CT molecular complexity index is 948. The predicted octanol–water partition coefficient (Wildman–Crippen LogP) is 2.22. The molecule has 0 atom stereocenters. The Morgan fingerprint density at radius 2 is 2.00 bits per heavy atom. The van der Waals surface area contributed by atoms with Crippen molar-refractivity contribution in [3.8, 4) is 22.9 Å². The summed E-state index contributed by atoms with van der Waals surface area (Å²) in [7, 11) is 0. The average molecular weight is 347 g/mol. The summed E-state index contributed by atoms with van der Waals surface area (Å²) in [6, 6.07) is 6.05. The molecule has 2 aliphatic rings. The van der Waals surface area contributed by atoms with E-state index in [-0.39, 0.29) is 0 Å². The molecule has 5 rings (SSSR count). The third kappa shape index (κ3) is 2.76. The molecule has 2 aromatic heterocycles. The molecule has 2 aliphatic heterocycles. The van der Waals surface area contributed by atoms with Crippen LogP contribution in [0.1, 0.15) is 16.8 Å². The molecule has 0 radical (unpaired) electrons. The van der Waals surface area contributed by atoms with Crippen molar-refractivity contribution >= 4 is 0 Å². The highest BCUT2D eigenvalue weighted by atomic mass is 16.7. The van der Waals surface area contributed by atoms with Gasteiger partial charge in [-0.05, 0) is 6.07 Å². The normalized spacial score (nSPS) is 15.7. The lowest BCUT2D eigenvalue weighted by Crippen LogP contribution is -2.31. The van der Waals surface area contributed by atoms with Gasteiger partial charge in [0.15, 0.2) is 17.3 Å². The summed E-state index contributed by atoms with van der Waals surface area (Å²) < 4.78 is 11.1. The van der Waals surface area contributed by atoms with Crippen molar-refractivity contribution in [3.63, 3.8) is 0 Å². The third-order valence-electron chi connectivity index (χ3n) is 4.70. The van der Waals surface area contributed by atoms with Crippen molar-refractivity contribution in [1.82, 2.24) is 24.8 Å². The van der Waals surface area contributed by atoms with Crippen molar-refractivity contribution < 1.29 is 9.47 Å². The topological polar surface area (TPSA) is 73.3 Å². The second kappa shape index (κ2) is 6.34. The largest absolute Gasteiger partial charge is 0.454 e. The van der Waals surface area contributed by atoms with Crippen LogP contribution in [-0.4, -0.2) is 38.2 Å². The molecule has 0 N–H and O–H groups in total. The first-order chi connectivity index (χ1) is 12.9. The fourth-order valence-electron chi connectivity index (χ4n) is 3.42. The molecular weight excluding hydrogens is 330 g/mol. The fourth-order valence-corrected chi connectivity index (χ4v) is 3.42. The van der Waals surface area contributed by atoms with Crippen LogP contribution in [0.15, 0.2) is 43.1 Å². The number of aromatic nitrogens is 4. The Kier molecular flexibility index (Phi) is 3.71. The number of fused-ring (bicyclic) bond motifs is 2. The summed E-state index contributed by atoms with van der Waals surface area (Å²) in [5.41, 5.74) is 4.27. The van der Waals surface area contributed by atoms with E-state index in [0.29, 0.717) is 12.6 Å². The van der Waals surface area contributed by atoms with E-state index in [9.17, 15) is 0 Å². The van der Waals surface area contributed by atoms with E-state index >= 15 is 0 Å². The molecule has 0 bridgehead atoms. The predicted molar refractivity (Wildman–Crippen MR) is 93.4 cm³/mol. The summed E-state index contributed by atoms with van der Waals surface area (Å²) in [6.45, 7) is 2.89. The first-order valence-corrected chi connectivity index (χ1v) is 8.57. The van der Waals surface area contributed by atoms with Crippen molar-refractivity contribution in [2.45, 2.75) is 19.5 Å². The number of hydrogen-bond acceptors (Lipinski definition) is 7. The van der Waals surface area contributed by atoms with Crippen LogP contribution in [0.5, 0.6) is 11.5 Å².